The van der Waals surface area contributed by atoms with Crippen molar-refractivity contribution in [2.24, 2.45) is 0 Å². The highest BCUT2D eigenvalue weighted by Crippen LogP contribution is 2.27. The molecule has 2 aromatic carbocycles. The minimum absolute atomic E-state index is 0.0820. The van der Waals surface area contributed by atoms with Crippen LogP contribution in [0.1, 0.15) is 29.7 Å². The molecule has 3 heterocycles. The van der Waals surface area contributed by atoms with E-state index in [0.717, 1.165) is 33.7 Å². The molecule has 0 saturated carbocycles. The molecule has 0 atom stereocenters. The number of aromatic nitrogens is 5. The number of pyridine rings is 1. The van der Waals surface area contributed by atoms with Crippen molar-refractivity contribution in [3.8, 4) is 11.4 Å². The Kier molecular flexibility index (Phi) is 6.63. The highest BCUT2D eigenvalue weighted by molar-refractivity contribution is 7.98. The molecular weight excluding hydrogens is 458 g/mol. The van der Waals surface area contributed by atoms with Crippen LogP contribution in [0.25, 0.3) is 11.3 Å². The SMILES string of the molecule is CCOc1ccc(-n2c(Cc3ccccc3)nnc2SCc2cc(=O)n3c(C)cccc3n2)cc1. The van der Waals surface area contributed by atoms with E-state index in [0.29, 0.717) is 30.1 Å². The first-order chi connectivity index (χ1) is 17.1. The maximum Gasteiger partial charge on any atom is 0.258 e. The average Bonchev–Trinajstić information content (AvgIpc) is 3.26. The predicted molar refractivity (Wildman–Crippen MR) is 138 cm³/mol. The van der Waals surface area contributed by atoms with Crippen molar-refractivity contribution in [1.82, 2.24) is 24.1 Å². The summed E-state index contributed by atoms with van der Waals surface area (Å²) in [7, 11) is 0. The Bertz CT molecular complexity index is 1510. The standard InChI is InChI=1S/C27H25N5O2S/c1-3-34-23-14-12-22(13-15-23)32-25(16-20-9-5-4-6-10-20)29-30-27(32)35-18-21-17-26(33)31-19(2)8-7-11-24(31)28-21/h4-15,17H,3,16,18H2,1-2H3. The number of aryl methyl sites for hydroxylation is 1. The Labute approximate surface area is 207 Å². The monoisotopic (exact) mass is 483 g/mol. The second kappa shape index (κ2) is 10.1. The van der Waals surface area contributed by atoms with Crippen LogP contribution in [0, 0.1) is 6.92 Å². The topological polar surface area (TPSA) is 74.3 Å². The summed E-state index contributed by atoms with van der Waals surface area (Å²) in [5.41, 5.74) is 4.24. The van der Waals surface area contributed by atoms with E-state index in [-0.39, 0.29) is 5.56 Å². The maximum atomic E-state index is 12.7. The van der Waals surface area contributed by atoms with Crippen molar-refractivity contribution in [3.63, 3.8) is 0 Å². The zero-order valence-corrected chi connectivity index (χ0v) is 20.4. The number of rotatable bonds is 8. The molecule has 0 aliphatic carbocycles. The van der Waals surface area contributed by atoms with Gasteiger partial charge in [0.1, 0.15) is 17.2 Å². The van der Waals surface area contributed by atoms with Gasteiger partial charge in [-0.2, -0.15) is 0 Å². The molecule has 8 heteroatoms. The highest BCUT2D eigenvalue weighted by Gasteiger charge is 2.16. The summed E-state index contributed by atoms with van der Waals surface area (Å²) in [5.74, 6) is 2.16. The number of nitrogens with zero attached hydrogens (tertiary/aromatic N) is 5. The van der Waals surface area contributed by atoms with Crippen LogP contribution >= 0.6 is 11.8 Å². The van der Waals surface area contributed by atoms with Gasteiger partial charge in [0, 0.05) is 29.6 Å². The fourth-order valence-electron chi connectivity index (χ4n) is 3.98. The number of hydrogen-bond donors (Lipinski definition) is 0. The summed E-state index contributed by atoms with van der Waals surface area (Å²) in [5, 5.41) is 9.75. The summed E-state index contributed by atoms with van der Waals surface area (Å²) in [6.45, 7) is 4.48. The van der Waals surface area contributed by atoms with Crippen molar-refractivity contribution in [2.45, 2.75) is 31.2 Å². The van der Waals surface area contributed by atoms with Crippen LogP contribution in [0.2, 0.25) is 0 Å². The van der Waals surface area contributed by atoms with Crippen molar-refractivity contribution < 1.29 is 4.74 Å². The van der Waals surface area contributed by atoms with Gasteiger partial charge in [0.05, 0.1) is 12.3 Å². The Morgan fingerprint density at radius 1 is 0.943 bits per heavy atom. The summed E-state index contributed by atoms with van der Waals surface area (Å²) in [6, 6.07) is 25.4. The summed E-state index contributed by atoms with van der Waals surface area (Å²) < 4.78 is 9.29. The second-order valence-corrected chi connectivity index (χ2v) is 9.00. The van der Waals surface area contributed by atoms with E-state index in [2.05, 4.69) is 31.9 Å². The minimum atomic E-state index is -0.0820. The molecule has 3 aromatic heterocycles. The van der Waals surface area contributed by atoms with Gasteiger partial charge in [0.15, 0.2) is 5.16 Å². The maximum absolute atomic E-state index is 12.7. The molecule has 0 amide bonds. The van der Waals surface area contributed by atoms with E-state index < -0.39 is 0 Å². The molecule has 0 N–H and O–H groups in total. The first-order valence-corrected chi connectivity index (χ1v) is 12.4. The molecule has 0 spiro atoms. The average molecular weight is 484 g/mol. The summed E-state index contributed by atoms with van der Waals surface area (Å²) in [6.07, 6.45) is 0.649. The van der Waals surface area contributed by atoms with Crippen LogP contribution in [0.3, 0.4) is 0 Å². The third kappa shape index (κ3) is 4.97. The fourth-order valence-corrected chi connectivity index (χ4v) is 4.84. The van der Waals surface area contributed by atoms with E-state index >= 15 is 0 Å². The lowest BCUT2D eigenvalue weighted by Crippen LogP contribution is -2.17. The third-order valence-corrected chi connectivity index (χ3v) is 6.56. The molecule has 7 nitrogen and oxygen atoms in total. The Morgan fingerprint density at radius 3 is 2.51 bits per heavy atom. The molecule has 0 saturated heterocycles. The third-order valence-electron chi connectivity index (χ3n) is 5.59. The van der Waals surface area contributed by atoms with Crippen LogP contribution in [-0.2, 0) is 12.2 Å². The van der Waals surface area contributed by atoms with Crippen molar-refractivity contribution in [1.29, 1.82) is 0 Å². The number of thioether (sulfide) groups is 1. The Hall–Kier alpha value is -3.91. The van der Waals surface area contributed by atoms with Crippen molar-refractivity contribution in [3.05, 3.63) is 112 Å². The van der Waals surface area contributed by atoms with Gasteiger partial charge in [-0.3, -0.25) is 13.8 Å². The first kappa shape index (κ1) is 22.9. The van der Waals surface area contributed by atoms with Crippen molar-refractivity contribution in [2.75, 3.05) is 6.61 Å². The van der Waals surface area contributed by atoms with E-state index in [9.17, 15) is 4.79 Å². The fraction of sp³-hybridized carbons (Fsp3) is 0.185. The lowest BCUT2D eigenvalue weighted by Gasteiger charge is -2.12. The molecule has 176 valence electrons. The zero-order chi connectivity index (χ0) is 24.2. The van der Waals surface area contributed by atoms with Gasteiger partial charge in [0.2, 0.25) is 0 Å². The Morgan fingerprint density at radius 2 is 1.74 bits per heavy atom. The smallest absolute Gasteiger partial charge is 0.258 e. The van der Waals surface area contributed by atoms with Crippen molar-refractivity contribution >= 4 is 17.4 Å². The molecule has 0 bridgehead atoms. The number of ether oxygens (including phenoxy) is 1. The first-order valence-electron chi connectivity index (χ1n) is 11.4. The molecule has 0 radical (unpaired) electrons. The van der Waals surface area contributed by atoms with E-state index in [1.54, 1.807) is 10.5 Å². The number of fused-ring (bicyclic) bond motifs is 1. The number of hydrogen-bond acceptors (Lipinski definition) is 6. The molecular formula is C27H25N5O2S. The van der Waals surface area contributed by atoms with Gasteiger partial charge in [-0.25, -0.2) is 4.98 Å². The van der Waals surface area contributed by atoms with E-state index in [1.807, 2.05) is 74.5 Å². The van der Waals surface area contributed by atoms with Gasteiger partial charge in [-0.1, -0.05) is 48.2 Å². The molecule has 5 aromatic rings. The Balaban J connectivity index is 1.47. The van der Waals surface area contributed by atoms with Crippen LogP contribution in [0.15, 0.2) is 88.8 Å². The zero-order valence-electron chi connectivity index (χ0n) is 19.6. The molecule has 0 fully saturated rings. The van der Waals surface area contributed by atoms with Crippen LogP contribution in [0.5, 0.6) is 5.75 Å². The van der Waals surface area contributed by atoms with Crippen LogP contribution < -0.4 is 10.3 Å². The molecule has 0 aliphatic rings. The van der Waals surface area contributed by atoms with E-state index in [1.165, 1.54) is 11.8 Å². The van der Waals surface area contributed by atoms with Gasteiger partial charge < -0.3 is 4.74 Å². The lowest BCUT2D eigenvalue weighted by molar-refractivity contribution is 0.340. The van der Waals surface area contributed by atoms with Gasteiger partial charge >= 0.3 is 0 Å². The van der Waals surface area contributed by atoms with Gasteiger partial charge in [-0.15, -0.1) is 10.2 Å². The van der Waals surface area contributed by atoms with Gasteiger partial charge in [-0.05, 0) is 55.8 Å². The number of benzene rings is 2. The quantitative estimate of drug-likeness (QED) is 0.293. The lowest BCUT2D eigenvalue weighted by atomic mass is 10.1. The predicted octanol–water partition coefficient (Wildman–Crippen LogP) is 4.87. The molecule has 0 unspecified atom stereocenters. The summed E-state index contributed by atoms with van der Waals surface area (Å²) in [4.78, 5) is 17.4. The summed E-state index contributed by atoms with van der Waals surface area (Å²) >= 11 is 1.51. The second-order valence-electron chi connectivity index (χ2n) is 8.06. The molecule has 0 aliphatic heterocycles. The highest BCUT2D eigenvalue weighted by atomic mass is 32.2. The van der Waals surface area contributed by atoms with Gasteiger partial charge in [0.25, 0.3) is 5.56 Å². The largest absolute Gasteiger partial charge is 0.494 e. The molecule has 5 rings (SSSR count). The normalized spacial score (nSPS) is 11.1. The van der Waals surface area contributed by atoms with Crippen LogP contribution in [-0.4, -0.2) is 30.8 Å². The minimum Gasteiger partial charge on any atom is -0.494 e. The molecule has 35 heavy (non-hydrogen) atoms. The van der Waals surface area contributed by atoms with Crippen LogP contribution in [0.4, 0.5) is 0 Å². The van der Waals surface area contributed by atoms with E-state index in [4.69, 9.17) is 4.74 Å².